The SMILES string of the molecule is CCOc1ccc(-n2c(SCC(=O)N/N=C/c3cc(I)cc(I)c3O)nnc2-c2ccc(Cl)cc2)cc1. The molecule has 1 heterocycles. The first-order valence-electron chi connectivity index (χ1n) is 10.9. The first-order chi connectivity index (χ1) is 17.9. The summed E-state index contributed by atoms with van der Waals surface area (Å²) < 4.78 is 9.10. The molecule has 1 amide bonds. The summed E-state index contributed by atoms with van der Waals surface area (Å²) >= 11 is 11.5. The Bertz CT molecular complexity index is 1430. The molecular formula is C25H20ClI2N5O3S. The van der Waals surface area contributed by atoms with Gasteiger partial charge in [-0.2, -0.15) is 5.10 Å². The van der Waals surface area contributed by atoms with Gasteiger partial charge in [-0.25, -0.2) is 5.43 Å². The van der Waals surface area contributed by atoms with Gasteiger partial charge in [0.05, 0.1) is 22.1 Å². The van der Waals surface area contributed by atoms with E-state index in [0.717, 1.165) is 20.6 Å². The highest BCUT2D eigenvalue weighted by Gasteiger charge is 2.17. The van der Waals surface area contributed by atoms with Crippen LogP contribution in [0.25, 0.3) is 17.1 Å². The molecule has 0 aliphatic rings. The maximum atomic E-state index is 12.5. The number of phenols is 1. The van der Waals surface area contributed by atoms with Crippen molar-refractivity contribution in [1.82, 2.24) is 20.2 Å². The molecule has 0 fully saturated rings. The summed E-state index contributed by atoms with van der Waals surface area (Å²) in [5.41, 5.74) is 4.67. The highest BCUT2D eigenvalue weighted by molar-refractivity contribution is 14.1. The zero-order valence-electron chi connectivity index (χ0n) is 19.4. The van der Waals surface area contributed by atoms with Gasteiger partial charge in [-0.15, -0.1) is 10.2 Å². The molecular weight excluding hydrogens is 740 g/mol. The van der Waals surface area contributed by atoms with Crippen molar-refractivity contribution in [2.75, 3.05) is 12.4 Å². The van der Waals surface area contributed by atoms with Crippen LogP contribution < -0.4 is 10.2 Å². The van der Waals surface area contributed by atoms with E-state index in [1.165, 1.54) is 18.0 Å². The molecule has 0 aliphatic heterocycles. The lowest BCUT2D eigenvalue weighted by Crippen LogP contribution is -2.20. The Labute approximate surface area is 250 Å². The lowest BCUT2D eigenvalue weighted by molar-refractivity contribution is -0.118. The molecule has 0 atom stereocenters. The number of nitrogens with one attached hydrogen (secondary N) is 1. The number of hydrogen-bond donors (Lipinski definition) is 2. The van der Waals surface area contributed by atoms with Gasteiger partial charge in [0.1, 0.15) is 11.5 Å². The topological polar surface area (TPSA) is 102 Å². The molecule has 0 bridgehead atoms. The third-order valence-electron chi connectivity index (χ3n) is 4.92. The standard InChI is InChI=1S/C25H20ClI2N5O3S/c1-2-36-20-9-7-19(8-10-20)33-24(15-3-5-17(26)6-4-15)31-32-25(33)37-14-22(34)30-29-13-16-11-18(27)12-21(28)23(16)35/h3-13,35H,2,14H2,1H3,(H,30,34)/b29-13+. The molecule has 2 N–H and O–H groups in total. The number of nitrogens with zero attached hydrogens (tertiary/aromatic N) is 4. The number of aromatic hydroxyl groups is 1. The molecule has 8 nitrogen and oxygen atoms in total. The summed E-state index contributed by atoms with van der Waals surface area (Å²) in [5, 5.41) is 24.1. The summed E-state index contributed by atoms with van der Waals surface area (Å²) in [7, 11) is 0. The van der Waals surface area contributed by atoms with E-state index < -0.39 is 0 Å². The van der Waals surface area contributed by atoms with Gasteiger partial charge in [0.2, 0.25) is 0 Å². The number of phenolic OH excluding ortho intramolecular Hbond substituents is 1. The lowest BCUT2D eigenvalue weighted by atomic mass is 10.2. The highest BCUT2D eigenvalue weighted by Crippen LogP contribution is 2.30. The van der Waals surface area contributed by atoms with Crippen LogP contribution in [0.5, 0.6) is 11.5 Å². The van der Waals surface area contributed by atoms with Crippen molar-refractivity contribution in [2.24, 2.45) is 5.10 Å². The maximum absolute atomic E-state index is 12.5. The zero-order chi connectivity index (χ0) is 26.4. The number of hydrazone groups is 1. The number of benzene rings is 3. The molecule has 1 aromatic heterocycles. The Morgan fingerprint density at radius 1 is 1.16 bits per heavy atom. The van der Waals surface area contributed by atoms with Crippen LogP contribution in [0, 0.1) is 7.14 Å². The van der Waals surface area contributed by atoms with Gasteiger partial charge in [-0.1, -0.05) is 23.4 Å². The van der Waals surface area contributed by atoms with Crippen LogP contribution in [0.4, 0.5) is 0 Å². The molecule has 37 heavy (non-hydrogen) atoms. The minimum absolute atomic E-state index is 0.0585. The van der Waals surface area contributed by atoms with Gasteiger partial charge >= 0.3 is 0 Å². The fraction of sp³-hybridized carbons (Fsp3) is 0.120. The molecule has 3 aromatic carbocycles. The van der Waals surface area contributed by atoms with Gasteiger partial charge in [-0.05, 0) is 113 Å². The number of carbonyl (C=O) groups excluding carboxylic acids is 1. The van der Waals surface area contributed by atoms with E-state index in [2.05, 4.69) is 43.3 Å². The van der Waals surface area contributed by atoms with Gasteiger partial charge < -0.3 is 9.84 Å². The van der Waals surface area contributed by atoms with Crippen molar-refractivity contribution < 1.29 is 14.6 Å². The lowest BCUT2D eigenvalue weighted by Gasteiger charge is -2.11. The summed E-state index contributed by atoms with van der Waals surface area (Å²) in [6.07, 6.45) is 1.42. The van der Waals surface area contributed by atoms with Crippen molar-refractivity contribution in [3.8, 4) is 28.6 Å². The Kier molecular flexibility index (Phi) is 9.67. The molecule has 0 unspecified atom stereocenters. The smallest absolute Gasteiger partial charge is 0.250 e. The predicted molar refractivity (Wildman–Crippen MR) is 163 cm³/mol. The van der Waals surface area contributed by atoms with Gasteiger partial charge in [0.25, 0.3) is 5.91 Å². The summed E-state index contributed by atoms with van der Waals surface area (Å²) in [6, 6.07) is 18.5. The van der Waals surface area contributed by atoms with Crippen molar-refractivity contribution >= 4 is 80.7 Å². The van der Waals surface area contributed by atoms with Gasteiger partial charge in [0, 0.05) is 25.4 Å². The largest absolute Gasteiger partial charge is 0.506 e. The molecule has 0 aliphatic carbocycles. The third-order valence-corrected chi connectivity index (χ3v) is 7.55. The second-order valence-corrected chi connectivity index (χ2v) is 11.3. The minimum Gasteiger partial charge on any atom is -0.506 e. The average Bonchev–Trinajstić information content (AvgIpc) is 3.30. The van der Waals surface area contributed by atoms with E-state index in [4.69, 9.17) is 16.3 Å². The van der Waals surface area contributed by atoms with E-state index in [1.54, 1.807) is 18.2 Å². The van der Waals surface area contributed by atoms with Crippen LogP contribution in [-0.2, 0) is 4.79 Å². The first-order valence-corrected chi connectivity index (χ1v) is 14.4. The second kappa shape index (κ2) is 12.9. The van der Waals surface area contributed by atoms with Gasteiger partial charge in [-0.3, -0.25) is 9.36 Å². The Morgan fingerprint density at radius 3 is 2.59 bits per heavy atom. The van der Waals surface area contributed by atoms with Crippen molar-refractivity contribution in [3.05, 3.63) is 78.4 Å². The zero-order valence-corrected chi connectivity index (χ0v) is 25.2. The molecule has 0 radical (unpaired) electrons. The van der Waals surface area contributed by atoms with E-state index in [0.29, 0.717) is 31.7 Å². The van der Waals surface area contributed by atoms with Gasteiger partial charge in [0.15, 0.2) is 11.0 Å². The van der Waals surface area contributed by atoms with Crippen LogP contribution >= 0.6 is 68.5 Å². The number of hydrogen-bond acceptors (Lipinski definition) is 7. The van der Waals surface area contributed by atoms with Crippen molar-refractivity contribution in [2.45, 2.75) is 12.1 Å². The second-order valence-electron chi connectivity index (χ2n) is 7.48. The fourth-order valence-corrected chi connectivity index (χ4v) is 6.02. The molecule has 4 rings (SSSR count). The number of thioether (sulfide) groups is 1. The quantitative estimate of drug-likeness (QED) is 0.0921. The van der Waals surface area contributed by atoms with Crippen LogP contribution in [0.1, 0.15) is 12.5 Å². The number of halogens is 3. The van der Waals surface area contributed by atoms with Crippen LogP contribution in [0.15, 0.2) is 70.9 Å². The van der Waals surface area contributed by atoms with Crippen LogP contribution in [-0.4, -0.2) is 44.4 Å². The normalized spacial score (nSPS) is 11.1. The maximum Gasteiger partial charge on any atom is 0.250 e. The Morgan fingerprint density at radius 2 is 1.89 bits per heavy atom. The fourth-order valence-electron chi connectivity index (χ4n) is 3.26. The van der Waals surface area contributed by atoms with Crippen molar-refractivity contribution in [1.29, 1.82) is 0 Å². The van der Waals surface area contributed by atoms with Crippen molar-refractivity contribution in [3.63, 3.8) is 0 Å². The minimum atomic E-state index is -0.324. The van der Waals surface area contributed by atoms with Crippen LogP contribution in [0.2, 0.25) is 5.02 Å². The predicted octanol–water partition coefficient (Wildman–Crippen LogP) is 6.14. The molecule has 4 aromatic rings. The number of rotatable bonds is 9. The summed E-state index contributed by atoms with van der Waals surface area (Å²) in [6.45, 7) is 2.50. The summed E-state index contributed by atoms with van der Waals surface area (Å²) in [4.78, 5) is 12.5. The van der Waals surface area contributed by atoms with E-state index in [1.807, 2.05) is 76.5 Å². The molecule has 190 valence electrons. The Hall–Kier alpha value is -2.36. The summed E-state index contributed by atoms with van der Waals surface area (Å²) in [5.74, 6) is 1.23. The first kappa shape index (κ1) is 27.7. The number of amides is 1. The monoisotopic (exact) mass is 759 g/mol. The molecule has 0 saturated carbocycles. The molecule has 0 spiro atoms. The number of carbonyl (C=O) groups is 1. The number of ether oxygens (including phenoxy) is 1. The average molecular weight is 760 g/mol. The molecule has 0 saturated heterocycles. The van der Waals surface area contributed by atoms with E-state index in [-0.39, 0.29) is 17.4 Å². The van der Waals surface area contributed by atoms with E-state index in [9.17, 15) is 9.90 Å². The molecule has 12 heteroatoms. The van der Waals surface area contributed by atoms with Crippen LogP contribution in [0.3, 0.4) is 0 Å². The highest BCUT2D eigenvalue weighted by atomic mass is 127. The number of aromatic nitrogens is 3. The van der Waals surface area contributed by atoms with E-state index >= 15 is 0 Å². The third kappa shape index (κ3) is 7.15. The Balaban J connectivity index is 1.52.